The second-order valence-electron chi connectivity index (χ2n) is 17.1. The van der Waals surface area contributed by atoms with E-state index in [0.29, 0.717) is 38.0 Å². The van der Waals surface area contributed by atoms with Gasteiger partial charge in [0.05, 0.1) is 31.0 Å². The molecule has 0 amide bonds. The largest absolute Gasteiger partial charge is 0.456 e. The van der Waals surface area contributed by atoms with Crippen molar-refractivity contribution in [1.82, 2.24) is 4.57 Å². The van der Waals surface area contributed by atoms with Crippen LogP contribution in [0.25, 0.3) is 69.7 Å². The number of nitrogens with zero attached hydrogens (tertiary/aromatic N) is 1. The highest BCUT2D eigenvalue weighted by Gasteiger charge is 2.28. The predicted molar refractivity (Wildman–Crippen MR) is 269 cm³/mol. The normalized spacial score (nSPS) is 12.3. The van der Waals surface area contributed by atoms with Crippen LogP contribution in [0, 0.1) is 0 Å². The third-order valence-corrected chi connectivity index (χ3v) is 15.1. The lowest BCUT2D eigenvalue weighted by Gasteiger charge is -2.23. The highest BCUT2D eigenvalue weighted by atomic mass is 32.2. The van der Waals surface area contributed by atoms with Gasteiger partial charge in [0, 0.05) is 37.4 Å². The smallest absolute Gasteiger partial charge is 0.294 e. The molecule has 0 aliphatic heterocycles. The van der Waals surface area contributed by atoms with E-state index in [1.165, 1.54) is 46.2 Å². The molecular weight excluding hydrogens is 919 g/mol. The van der Waals surface area contributed by atoms with Crippen LogP contribution in [0.15, 0.2) is 171 Å². The summed E-state index contributed by atoms with van der Waals surface area (Å²) >= 11 is 1.37. The van der Waals surface area contributed by atoms with Crippen molar-refractivity contribution in [2.45, 2.75) is 49.3 Å². The SMILES string of the molecule is CC(C)c1cccc(C(C)C)c1-n1c(=O)c2cc(Oc3ccc(S(=O)(=O)O)cc3-c3ccc(S(=O)(=O)O)cc3)c3sc4ccccc4c4c(Oc5ccccc5-c5ccccc5)cc(c1=O)c2c34. The van der Waals surface area contributed by atoms with Gasteiger partial charge in [-0.15, -0.1) is 11.3 Å². The number of rotatable bonds is 11. The first-order valence-corrected chi connectivity index (χ1v) is 25.4. The number of fused-ring (bicyclic) bond motifs is 2. The molecule has 11 nitrogen and oxygen atoms in total. The van der Waals surface area contributed by atoms with Crippen LogP contribution in [0.5, 0.6) is 23.0 Å². The minimum absolute atomic E-state index is 0.0723. The van der Waals surface area contributed by atoms with Gasteiger partial charge < -0.3 is 9.47 Å². The Morgan fingerprint density at radius 3 is 1.68 bits per heavy atom. The number of hydrogen-bond acceptors (Lipinski definition) is 9. The minimum Gasteiger partial charge on any atom is -0.456 e. The van der Waals surface area contributed by atoms with Gasteiger partial charge in [-0.05, 0) is 88.7 Å². The number of hydrogen-bond donors (Lipinski definition) is 2. The first kappa shape index (κ1) is 44.6. The lowest BCUT2D eigenvalue weighted by Crippen LogP contribution is -2.33. The lowest BCUT2D eigenvalue weighted by atomic mass is 9.91. The molecule has 340 valence electrons. The summed E-state index contributed by atoms with van der Waals surface area (Å²) in [6.07, 6.45) is 0. The molecule has 0 fully saturated rings. The van der Waals surface area contributed by atoms with E-state index in [1.54, 1.807) is 12.1 Å². The Kier molecular flexibility index (Phi) is 11.1. The van der Waals surface area contributed by atoms with Crippen molar-refractivity contribution < 1.29 is 35.4 Å². The molecule has 0 spiro atoms. The molecule has 2 heterocycles. The molecule has 0 radical (unpaired) electrons. The molecule has 8 aromatic carbocycles. The molecule has 10 aromatic rings. The molecule has 0 atom stereocenters. The first-order valence-electron chi connectivity index (χ1n) is 21.7. The van der Waals surface area contributed by atoms with Gasteiger partial charge >= 0.3 is 0 Å². The molecule has 0 unspecified atom stereocenters. The third kappa shape index (κ3) is 7.69. The van der Waals surface area contributed by atoms with Gasteiger partial charge in [0.15, 0.2) is 0 Å². The van der Waals surface area contributed by atoms with E-state index in [0.717, 1.165) is 44.5 Å². The highest BCUT2D eigenvalue weighted by Crippen LogP contribution is 2.51. The number of benzene rings is 8. The maximum atomic E-state index is 15.5. The van der Waals surface area contributed by atoms with Crippen molar-refractivity contribution in [2.75, 3.05) is 0 Å². The number of pyridine rings is 1. The zero-order valence-corrected chi connectivity index (χ0v) is 39.4. The number of para-hydroxylation sites is 2. The fraction of sp³-hybridized carbons (Fsp3) is 0.111. The van der Waals surface area contributed by atoms with E-state index in [4.69, 9.17) is 9.47 Å². The summed E-state index contributed by atoms with van der Waals surface area (Å²) in [5.74, 6) is 0.996. The summed E-state index contributed by atoms with van der Waals surface area (Å²) in [7, 11) is -9.32. The van der Waals surface area contributed by atoms with Crippen LogP contribution in [0.3, 0.4) is 0 Å². The highest BCUT2D eigenvalue weighted by molar-refractivity contribution is 7.86. The van der Waals surface area contributed by atoms with Crippen molar-refractivity contribution in [2.24, 2.45) is 0 Å². The molecule has 2 N–H and O–H groups in total. The monoisotopic (exact) mass is 959 g/mol. The summed E-state index contributed by atoms with van der Waals surface area (Å²) in [4.78, 5) is 30.2. The maximum absolute atomic E-state index is 15.5. The van der Waals surface area contributed by atoms with Crippen LogP contribution in [-0.2, 0) is 20.2 Å². The van der Waals surface area contributed by atoms with Crippen molar-refractivity contribution in [3.05, 3.63) is 183 Å². The molecule has 68 heavy (non-hydrogen) atoms. The van der Waals surface area contributed by atoms with Gasteiger partial charge in [0.2, 0.25) is 0 Å². The molecule has 0 bridgehead atoms. The summed E-state index contributed by atoms with van der Waals surface area (Å²) in [6, 6.07) is 43.0. The molecule has 0 aliphatic rings. The maximum Gasteiger partial charge on any atom is 0.294 e. The average Bonchev–Trinajstić information content (AvgIpc) is 3.32. The zero-order chi connectivity index (χ0) is 47.8. The Hall–Kier alpha value is -7.20. The van der Waals surface area contributed by atoms with E-state index in [-0.39, 0.29) is 45.2 Å². The van der Waals surface area contributed by atoms with Gasteiger partial charge in [-0.25, -0.2) is 4.57 Å². The molecule has 10 rings (SSSR count). The van der Waals surface area contributed by atoms with Gasteiger partial charge in [0.25, 0.3) is 31.4 Å². The van der Waals surface area contributed by atoms with Crippen molar-refractivity contribution >= 4 is 73.3 Å². The quantitative estimate of drug-likeness (QED) is 0.0723. The Labute approximate surface area is 395 Å². The molecule has 14 heteroatoms. The Bertz CT molecular complexity index is 3990. The summed E-state index contributed by atoms with van der Waals surface area (Å²) < 4.78 is 85.5. The fourth-order valence-corrected chi connectivity index (χ4v) is 11.2. The second-order valence-corrected chi connectivity index (χ2v) is 21.0. The van der Waals surface area contributed by atoms with Gasteiger partial charge in [0.1, 0.15) is 23.0 Å². The topological polar surface area (TPSA) is 166 Å². The number of aromatic nitrogens is 1. The molecule has 2 aromatic heterocycles. The van der Waals surface area contributed by atoms with Crippen LogP contribution in [0.1, 0.15) is 50.7 Å². The minimum atomic E-state index is -4.74. The van der Waals surface area contributed by atoms with Crippen LogP contribution >= 0.6 is 11.3 Å². The molecule has 0 saturated carbocycles. The van der Waals surface area contributed by atoms with E-state index in [2.05, 4.69) is 0 Å². The third-order valence-electron chi connectivity index (χ3n) is 12.2. The summed E-state index contributed by atoms with van der Waals surface area (Å²) in [6.45, 7) is 8.05. The molecule has 0 saturated heterocycles. The summed E-state index contributed by atoms with van der Waals surface area (Å²) in [5.41, 5.74) is 3.16. The van der Waals surface area contributed by atoms with Crippen LogP contribution in [-0.4, -0.2) is 30.5 Å². The second kappa shape index (κ2) is 16.8. The lowest BCUT2D eigenvalue weighted by molar-refractivity contribution is 0.480. The van der Waals surface area contributed by atoms with E-state index < -0.39 is 41.1 Å². The Morgan fingerprint density at radius 1 is 0.485 bits per heavy atom. The molecular formula is C54H41NO10S3. The molecule has 0 aliphatic carbocycles. The summed E-state index contributed by atoms with van der Waals surface area (Å²) in [5, 5.41) is 2.76. The zero-order valence-electron chi connectivity index (χ0n) is 36.9. The van der Waals surface area contributed by atoms with Crippen LogP contribution < -0.4 is 20.6 Å². The number of ether oxygens (including phenoxy) is 2. The van der Waals surface area contributed by atoms with Crippen molar-refractivity contribution in [1.29, 1.82) is 0 Å². The average molecular weight is 960 g/mol. The van der Waals surface area contributed by atoms with E-state index >= 15 is 9.59 Å². The Balaban J connectivity index is 1.34. The van der Waals surface area contributed by atoms with Gasteiger partial charge in [-0.3, -0.25) is 18.7 Å². The predicted octanol–water partition coefficient (Wildman–Crippen LogP) is 13.0. The van der Waals surface area contributed by atoms with Crippen molar-refractivity contribution in [3.8, 4) is 50.9 Å². The van der Waals surface area contributed by atoms with Crippen LogP contribution in [0.2, 0.25) is 0 Å². The van der Waals surface area contributed by atoms with E-state index in [9.17, 15) is 25.9 Å². The van der Waals surface area contributed by atoms with Crippen LogP contribution in [0.4, 0.5) is 0 Å². The first-order chi connectivity index (χ1) is 32.5. The fourth-order valence-electron chi connectivity index (χ4n) is 9.04. The van der Waals surface area contributed by atoms with Gasteiger partial charge in [-0.1, -0.05) is 125 Å². The standard InChI is InChI=1S/C54H41NO10S3/c1-30(2)36-17-12-18-37(31(3)4)51(36)55-53(56)41-28-45(64-43-19-10-8-15-38(43)32-13-6-5-7-14-32)49-39-16-9-11-20-47(39)66-52-46(29-42(54(55)57)48(41)50(49)52)65-44-26-25-35(68(61,62)63)27-40(44)33-21-23-34(24-22-33)67(58,59)60/h5-31H,1-4H3,(H,58,59,60)(H,61,62,63). The Morgan fingerprint density at radius 2 is 1.03 bits per heavy atom. The van der Waals surface area contributed by atoms with Gasteiger partial charge in [-0.2, -0.15) is 16.8 Å². The van der Waals surface area contributed by atoms with E-state index in [1.807, 2.05) is 125 Å². The van der Waals surface area contributed by atoms with Crippen molar-refractivity contribution in [3.63, 3.8) is 0 Å².